The Morgan fingerprint density at radius 2 is 1.73 bits per heavy atom. The molecule has 0 aromatic heterocycles. The van der Waals surface area contributed by atoms with Crippen LogP contribution in [-0.4, -0.2) is 21.1 Å². The number of halogens is 3. The van der Waals surface area contributed by atoms with E-state index in [0.29, 0.717) is 6.42 Å². The fraction of sp³-hybridized carbons (Fsp3) is 0.765. The Hall–Kier alpha value is -0.733. The summed E-state index contributed by atoms with van der Waals surface area (Å²) in [5.74, 6) is 5.31. The molecule has 0 N–H and O–H groups in total. The molecule has 0 rings (SSSR count). The van der Waals surface area contributed by atoms with Crippen molar-refractivity contribution in [2.75, 3.05) is 6.61 Å². The standard InChI is InChI=1S/C17H29F3OSi/c1-7-8-9-10-11-12-13-15(17(18,19)20)14-21-22(5,6)16(2,3)4/h13H,7-10,14H2,1-6H3/b15-13+. The Bertz CT molecular complexity index is 420. The van der Waals surface area contributed by atoms with Crippen molar-refractivity contribution >= 4 is 8.32 Å². The highest BCUT2D eigenvalue weighted by molar-refractivity contribution is 6.74. The van der Waals surface area contributed by atoms with Crippen LogP contribution in [0, 0.1) is 11.8 Å². The third-order valence-corrected chi connectivity index (χ3v) is 8.49. The van der Waals surface area contributed by atoms with E-state index in [-0.39, 0.29) is 5.04 Å². The van der Waals surface area contributed by atoms with Crippen LogP contribution >= 0.6 is 0 Å². The summed E-state index contributed by atoms with van der Waals surface area (Å²) in [5.41, 5.74) is -0.694. The Kier molecular flexibility index (Phi) is 8.49. The normalized spacial score (nSPS) is 13.8. The summed E-state index contributed by atoms with van der Waals surface area (Å²) in [6.07, 6.45) is 0.280. The van der Waals surface area contributed by atoms with Crippen molar-refractivity contribution in [3.8, 4) is 11.8 Å². The zero-order valence-electron chi connectivity index (χ0n) is 14.7. The number of hydrogen-bond acceptors (Lipinski definition) is 1. The van der Waals surface area contributed by atoms with Crippen LogP contribution in [-0.2, 0) is 4.43 Å². The third kappa shape index (κ3) is 8.05. The minimum absolute atomic E-state index is 0.116. The molecule has 0 spiro atoms. The van der Waals surface area contributed by atoms with Gasteiger partial charge in [0.1, 0.15) is 0 Å². The minimum Gasteiger partial charge on any atom is -0.413 e. The first-order valence-corrected chi connectivity index (χ1v) is 10.7. The summed E-state index contributed by atoms with van der Waals surface area (Å²) in [6, 6.07) is 0. The lowest BCUT2D eigenvalue weighted by atomic mass is 10.2. The summed E-state index contributed by atoms with van der Waals surface area (Å²) in [7, 11) is -2.20. The van der Waals surface area contributed by atoms with Gasteiger partial charge in [0.15, 0.2) is 8.32 Å². The van der Waals surface area contributed by atoms with Crippen molar-refractivity contribution < 1.29 is 17.6 Å². The Balaban J connectivity index is 4.81. The van der Waals surface area contributed by atoms with E-state index in [9.17, 15) is 13.2 Å². The summed E-state index contributed by atoms with van der Waals surface area (Å²) < 4.78 is 44.7. The molecule has 0 aliphatic heterocycles. The predicted octanol–water partition coefficient (Wildman–Crippen LogP) is 6.08. The van der Waals surface area contributed by atoms with Crippen LogP contribution in [0.1, 0.15) is 53.4 Å². The van der Waals surface area contributed by atoms with Crippen LogP contribution in [0.15, 0.2) is 11.6 Å². The number of rotatable bonds is 6. The van der Waals surface area contributed by atoms with Crippen LogP contribution in [0.25, 0.3) is 0 Å². The topological polar surface area (TPSA) is 9.23 Å². The van der Waals surface area contributed by atoms with Crippen LogP contribution in [0.2, 0.25) is 18.1 Å². The van der Waals surface area contributed by atoms with Crippen molar-refractivity contribution in [3.63, 3.8) is 0 Å². The zero-order valence-corrected chi connectivity index (χ0v) is 15.7. The van der Waals surface area contributed by atoms with Crippen LogP contribution in [0.5, 0.6) is 0 Å². The maximum atomic E-state index is 13.0. The highest BCUT2D eigenvalue weighted by atomic mass is 28.4. The summed E-state index contributed by atoms with van der Waals surface area (Å²) in [6.45, 7) is 11.6. The Morgan fingerprint density at radius 1 is 1.14 bits per heavy atom. The number of unbranched alkanes of at least 4 members (excludes halogenated alkanes) is 3. The molecule has 0 radical (unpaired) electrons. The zero-order chi connectivity index (χ0) is 17.4. The first-order valence-electron chi connectivity index (χ1n) is 7.80. The molecule has 0 atom stereocenters. The average Bonchev–Trinajstić information content (AvgIpc) is 2.33. The van der Waals surface area contributed by atoms with E-state index in [1.165, 1.54) is 0 Å². The van der Waals surface area contributed by atoms with Gasteiger partial charge in [-0.25, -0.2) is 0 Å². The monoisotopic (exact) mass is 334 g/mol. The van der Waals surface area contributed by atoms with Crippen LogP contribution in [0.4, 0.5) is 13.2 Å². The van der Waals surface area contributed by atoms with Crippen LogP contribution < -0.4 is 0 Å². The molecule has 0 aromatic rings. The highest BCUT2D eigenvalue weighted by Gasteiger charge is 2.40. The molecule has 1 nitrogen and oxygen atoms in total. The average molecular weight is 334 g/mol. The molecule has 0 fully saturated rings. The summed E-state index contributed by atoms with van der Waals surface area (Å²) >= 11 is 0. The predicted molar refractivity (Wildman–Crippen MR) is 89.2 cm³/mol. The van der Waals surface area contributed by atoms with E-state index in [0.717, 1.165) is 25.3 Å². The molecule has 0 saturated heterocycles. The molecule has 5 heteroatoms. The fourth-order valence-electron chi connectivity index (χ4n) is 1.35. The first-order chi connectivity index (χ1) is 9.92. The molecule has 0 aliphatic rings. The van der Waals surface area contributed by atoms with Crippen molar-refractivity contribution in [2.45, 2.75) is 77.7 Å². The van der Waals surface area contributed by atoms with Gasteiger partial charge in [-0.1, -0.05) is 52.4 Å². The summed E-state index contributed by atoms with van der Waals surface area (Å²) in [4.78, 5) is 0. The van der Waals surface area contributed by atoms with E-state index in [2.05, 4.69) is 18.8 Å². The van der Waals surface area contributed by atoms with Gasteiger partial charge in [0, 0.05) is 6.42 Å². The molecular weight excluding hydrogens is 305 g/mol. The molecule has 128 valence electrons. The molecule has 0 aromatic carbocycles. The van der Waals surface area contributed by atoms with Gasteiger partial charge in [-0.05, 0) is 30.6 Å². The van der Waals surface area contributed by atoms with Crippen molar-refractivity contribution in [1.29, 1.82) is 0 Å². The van der Waals surface area contributed by atoms with E-state index < -0.39 is 26.7 Å². The second-order valence-corrected chi connectivity index (χ2v) is 11.8. The highest BCUT2D eigenvalue weighted by Crippen LogP contribution is 2.37. The van der Waals surface area contributed by atoms with Crippen LogP contribution in [0.3, 0.4) is 0 Å². The third-order valence-electron chi connectivity index (χ3n) is 4.01. The van der Waals surface area contributed by atoms with Gasteiger partial charge in [0.05, 0.1) is 12.2 Å². The maximum Gasteiger partial charge on any atom is 0.415 e. The lowest BCUT2D eigenvalue weighted by molar-refractivity contribution is -0.0969. The Morgan fingerprint density at radius 3 is 2.18 bits per heavy atom. The molecule has 0 amide bonds. The number of alkyl halides is 3. The number of allylic oxidation sites excluding steroid dienone is 1. The van der Waals surface area contributed by atoms with Crippen molar-refractivity contribution in [2.24, 2.45) is 0 Å². The molecule has 0 unspecified atom stereocenters. The van der Waals surface area contributed by atoms with E-state index in [1.54, 1.807) is 0 Å². The van der Waals surface area contributed by atoms with Gasteiger partial charge in [-0.2, -0.15) is 13.2 Å². The minimum atomic E-state index is -4.39. The van der Waals surface area contributed by atoms with Gasteiger partial charge in [0.2, 0.25) is 0 Å². The first kappa shape index (κ1) is 21.3. The van der Waals surface area contributed by atoms with E-state index in [4.69, 9.17) is 4.43 Å². The largest absolute Gasteiger partial charge is 0.415 e. The molecule has 22 heavy (non-hydrogen) atoms. The van der Waals surface area contributed by atoms with E-state index >= 15 is 0 Å². The molecular formula is C17H29F3OSi. The lowest BCUT2D eigenvalue weighted by Crippen LogP contribution is -2.41. The molecule has 0 saturated carbocycles. The molecule has 0 heterocycles. The van der Waals surface area contributed by atoms with Gasteiger partial charge in [0.25, 0.3) is 0 Å². The number of hydrogen-bond donors (Lipinski definition) is 0. The lowest BCUT2D eigenvalue weighted by Gasteiger charge is -2.36. The van der Waals surface area contributed by atoms with Crippen molar-refractivity contribution in [3.05, 3.63) is 11.6 Å². The molecule has 0 aliphatic carbocycles. The van der Waals surface area contributed by atoms with Gasteiger partial charge in [-0.3, -0.25) is 0 Å². The maximum absolute atomic E-state index is 13.0. The second kappa shape index (κ2) is 8.78. The molecule has 0 bridgehead atoms. The Labute approximate surface area is 134 Å². The van der Waals surface area contributed by atoms with Gasteiger partial charge in [-0.15, -0.1) is 0 Å². The van der Waals surface area contributed by atoms with E-state index in [1.807, 2.05) is 33.9 Å². The fourth-order valence-corrected chi connectivity index (χ4v) is 2.30. The second-order valence-electron chi connectivity index (χ2n) is 6.99. The summed E-state index contributed by atoms with van der Waals surface area (Å²) in [5, 5.41) is -0.116. The smallest absolute Gasteiger partial charge is 0.413 e. The SMILES string of the molecule is CCCCCC#C/C=C(\CO[Si](C)(C)C(C)(C)C)C(F)(F)F. The quantitative estimate of drug-likeness (QED) is 0.325. The van der Waals surface area contributed by atoms with Gasteiger partial charge >= 0.3 is 6.18 Å². The van der Waals surface area contributed by atoms with Crippen molar-refractivity contribution in [1.82, 2.24) is 0 Å². The van der Waals surface area contributed by atoms with Gasteiger partial charge < -0.3 is 4.43 Å².